The van der Waals surface area contributed by atoms with E-state index >= 15 is 0 Å². The summed E-state index contributed by atoms with van der Waals surface area (Å²) < 4.78 is 37.0. The number of phenols is 1. The molecular weight excluding hydrogens is 247 g/mol. The molecule has 0 bridgehead atoms. The lowest BCUT2D eigenvalue weighted by molar-refractivity contribution is -0.140. The van der Waals surface area contributed by atoms with E-state index in [1.165, 1.54) is 24.3 Å². The quantitative estimate of drug-likeness (QED) is 0.905. The maximum absolute atomic E-state index is 12.3. The van der Waals surface area contributed by atoms with Crippen molar-refractivity contribution in [1.29, 1.82) is 0 Å². The number of carbonyl (C=O) groups is 1. The lowest BCUT2D eigenvalue weighted by Gasteiger charge is -2.23. The van der Waals surface area contributed by atoms with Crippen LogP contribution in [0.3, 0.4) is 0 Å². The molecule has 1 aromatic rings. The number of amides is 1. The minimum absolute atomic E-state index is 0.0376. The fourth-order valence-electron chi connectivity index (χ4n) is 1.53. The number of nitrogens with zero attached hydrogens (tertiary/aromatic N) is 1. The van der Waals surface area contributed by atoms with Crippen LogP contribution in [0.15, 0.2) is 24.3 Å². The summed E-state index contributed by atoms with van der Waals surface area (Å²) >= 11 is 0. The summed E-state index contributed by atoms with van der Waals surface area (Å²) in [6.07, 6.45) is -3.97. The van der Waals surface area contributed by atoms with E-state index in [9.17, 15) is 18.0 Å². The summed E-state index contributed by atoms with van der Waals surface area (Å²) in [4.78, 5) is 12.6. The number of halogens is 3. The van der Waals surface area contributed by atoms with E-state index in [1.54, 1.807) is 6.92 Å². The van der Waals surface area contributed by atoms with Crippen molar-refractivity contribution in [1.82, 2.24) is 4.90 Å². The number of carbonyl (C=O) groups excluding carboxylic acids is 1. The van der Waals surface area contributed by atoms with Crippen LogP contribution in [0.4, 0.5) is 13.2 Å². The Bertz CT molecular complexity index is 401. The van der Waals surface area contributed by atoms with Crippen molar-refractivity contribution < 1.29 is 23.1 Å². The zero-order chi connectivity index (χ0) is 13.8. The molecule has 0 radical (unpaired) electrons. The van der Waals surface area contributed by atoms with Gasteiger partial charge in [0, 0.05) is 12.1 Å². The fraction of sp³-hybridized carbons (Fsp3) is 0.417. The Morgan fingerprint density at radius 2 is 1.83 bits per heavy atom. The van der Waals surface area contributed by atoms with Gasteiger partial charge in [0.2, 0.25) is 0 Å². The largest absolute Gasteiger partial charge is 0.508 e. The van der Waals surface area contributed by atoms with Crippen molar-refractivity contribution in [3.05, 3.63) is 29.8 Å². The van der Waals surface area contributed by atoms with Gasteiger partial charge in [0.15, 0.2) is 0 Å². The number of hydrogen-bond acceptors (Lipinski definition) is 2. The number of rotatable bonds is 4. The third-order valence-corrected chi connectivity index (χ3v) is 2.27. The van der Waals surface area contributed by atoms with Crippen molar-refractivity contribution in [3.8, 4) is 5.75 Å². The molecule has 3 nitrogen and oxygen atoms in total. The van der Waals surface area contributed by atoms with Crippen LogP contribution in [0.1, 0.15) is 23.7 Å². The van der Waals surface area contributed by atoms with E-state index in [1.807, 2.05) is 0 Å². The predicted octanol–water partition coefficient (Wildman–Crippen LogP) is 2.81. The van der Waals surface area contributed by atoms with Gasteiger partial charge in [0.25, 0.3) is 5.91 Å². The Morgan fingerprint density at radius 3 is 2.28 bits per heavy atom. The van der Waals surface area contributed by atoms with Crippen LogP contribution < -0.4 is 0 Å². The van der Waals surface area contributed by atoms with E-state index in [2.05, 4.69) is 0 Å². The van der Waals surface area contributed by atoms with Gasteiger partial charge in [-0.2, -0.15) is 13.2 Å². The number of aromatic hydroxyl groups is 1. The number of hydrogen-bond donors (Lipinski definition) is 1. The zero-order valence-corrected chi connectivity index (χ0v) is 9.87. The Morgan fingerprint density at radius 1 is 1.28 bits per heavy atom. The summed E-state index contributed by atoms with van der Waals surface area (Å²) in [5.41, 5.74) is 0.130. The number of alkyl halides is 3. The molecule has 0 fully saturated rings. The molecule has 1 aromatic carbocycles. The highest BCUT2D eigenvalue weighted by Crippen LogP contribution is 2.19. The molecule has 1 amide bonds. The van der Waals surface area contributed by atoms with Gasteiger partial charge in [-0.3, -0.25) is 4.79 Å². The molecule has 0 atom stereocenters. The third kappa shape index (κ3) is 4.27. The molecule has 1 N–H and O–H groups in total. The standard InChI is InChI=1S/C12H14F3NO2/c1-2-7-16(8-12(13,14)15)11(18)9-3-5-10(17)6-4-9/h3-6,17H,2,7-8H2,1H3. The van der Waals surface area contributed by atoms with Crippen LogP contribution in [-0.2, 0) is 0 Å². The smallest absolute Gasteiger partial charge is 0.406 e. The zero-order valence-electron chi connectivity index (χ0n) is 9.87. The van der Waals surface area contributed by atoms with E-state index in [0.29, 0.717) is 6.42 Å². The van der Waals surface area contributed by atoms with Crippen molar-refractivity contribution in [2.24, 2.45) is 0 Å². The highest BCUT2D eigenvalue weighted by Gasteiger charge is 2.32. The minimum atomic E-state index is -4.41. The van der Waals surface area contributed by atoms with Crippen LogP contribution in [0.5, 0.6) is 5.75 Å². The van der Waals surface area contributed by atoms with E-state index in [4.69, 9.17) is 5.11 Å². The molecule has 0 aliphatic rings. The predicted molar refractivity (Wildman–Crippen MR) is 60.4 cm³/mol. The third-order valence-electron chi connectivity index (χ3n) is 2.27. The van der Waals surface area contributed by atoms with Crippen molar-refractivity contribution in [2.45, 2.75) is 19.5 Å². The highest BCUT2D eigenvalue weighted by molar-refractivity contribution is 5.94. The molecule has 0 saturated heterocycles. The molecule has 0 aromatic heterocycles. The van der Waals surface area contributed by atoms with Crippen LogP contribution in [-0.4, -0.2) is 35.2 Å². The van der Waals surface area contributed by atoms with Gasteiger partial charge in [-0.25, -0.2) is 0 Å². The Balaban J connectivity index is 2.85. The second-order valence-electron chi connectivity index (χ2n) is 3.89. The van der Waals surface area contributed by atoms with Crippen molar-refractivity contribution >= 4 is 5.91 Å². The first-order chi connectivity index (χ1) is 8.33. The van der Waals surface area contributed by atoms with Gasteiger partial charge in [0.05, 0.1) is 0 Å². The van der Waals surface area contributed by atoms with Gasteiger partial charge in [-0.05, 0) is 30.7 Å². The van der Waals surface area contributed by atoms with Crippen LogP contribution >= 0.6 is 0 Å². The van der Waals surface area contributed by atoms with E-state index in [-0.39, 0.29) is 17.9 Å². The number of benzene rings is 1. The summed E-state index contributed by atoms with van der Waals surface area (Å²) in [5.74, 6) is -0.724. The molecule has 0 heterocycles. The van der Waals surface area contributed by atoms with Gasteiger partial charge in [-0.1, -0.05) is 6.92 Å². The summed E-state index contributed by atoms with van der Waals surface area (Å²) in [6, 6.07) is 5.14. The average Bonchev–Trinajstić information content (AvgIpc) is 2.27. The SMILES string of the molecule is CCCN(CC(F)(F)F)C(=O)c1ccc(O)cc1. The Hall–Kier alpha value is -1.72. The molecule has 1 rings (SSSR count). The van der Waals surface area contributed by atoms with E-state index < -0.39 is 18.6 Å². The number of phenolic OH excluding ortho intramolecular Hbond substituents is 1. The first-order valence-corrected chi connectivity index (χ1v) is 5.48. The topological polar surface area (TPSA) is 40.5 Å². The summed E-state index contributed by atoms with van der Waals surface area (Å²) in [6.45, 7) is 0.479. The lowest BCUT2D eigenvalue weighted by atomic mass is 10.2. The minimum Gasteiger partial charge on any atom is -0.508 e. The van der Waals surface area contributed by atoms with Crippen LogP contribution in [0.25, 0.3) is 0 Å². The first kappa shape index (κ1) is 14.3. The highest BCUT2D eigenvalue weighted by atomic mass is 19.4. The summed E-state index contributed by atoms with van der Waals surface area (Å²) in [7, 11) is 0. The van der Waals surface area contributed by atoms with Gasteiger partial charge in [-0.15, -0.1) is 0 Å². The normalized spacial score (nSPS) is 11.3. The maximum Gasteiger partial charge on any atom is 0.406 e. The van der Waals surface area contributed by atoms with Gasteiger partial charge >= 0.3 is 6.18 Å². The Kier molecular flexibility index (Phi) is 4.58. The monoisotopic (exact) mass is 261 g/mol. The molecule has 0 aliphatic carbocycles. The maximum atomic E-state index is 12.3. The van der Waals surface area contributed by atoms with Crippen LogP contribution in [0.2, 0.25) is 0 Å². The van der Waals surface area contributed by atoms with E-state index in [0.717, 1.165) is 4.90 Å². The summed E-state index contributed by atoms with van der Waals surface area (Å²) in [5, 5.41) is 9.06. The average molecular weight is 261 g/mol. The lowest BCUT2D eigenvalue weighted by Crippen LogP contribution is -2.39. The first-order valence-electron chi connectivity index (χ1n) is 5.48. The molecule has 0 unspecified atom stereocenters. The Labute approximate surface area is 103 Å². The molecule has 6 heteroatoms. The molecule has 0 spiro atoms. The second kappa shape index (κ2) is 5.75. The van der Waals surface area contributed by atoms with Gasteiger partial charge in [0.1, 0.15) is 12.3 Å². The van der Waals surface area contributed by atoms with Crippen molar-refractivity contribution in [3.63, 3.8) is 0 Å². The van der Waals surface area contributed by atoms with Crippen molar-refractivity contribution in [2.75, 3.05) is 13.1 Å². The molecular formula is C12H14F3NO2. The molecule has 0 aliphatic heterocycles. The molecule has 100 valence electrons. The van der Waals surface area contributed by atoms with Crippen LogP contribution in [0, 0.1) is 0 Å². The fourth-order valence-corrected chi connectivity index (χ4v) is 1.53. The molecule has 0 saturated carbocycles. The van der Waals surface area contributed by atoms with Gasteiger partial charge < -0.3 is 10.0 Å². The second-order valence-corrected chi connectivity index (χ2v) is 3.89. The molecule has 18 heavy (non-hydrogen) atoms.